The molecule has 18 heavy (non-hydrogen) atoms. The van der Waals surface area contributed by atoms with Gasteiger partial charge in [0.1, 0.15) is 0 Å². The van der Waals surface area contributed by atoms with Crippen LogP contribution in [0.5, 0.6) is 0 Å². The Morgan fingerprint density at radius 3 is 2.17 bits per heavy atom. The van der Waals surface area contributed by atoms with E-state index >= 15 is 0 Å². The minimum atomic E-state index is -1.50. The zero-order valence-electron chi connectivity index (χ0n) is 11.7. The summed E-state index contributed by atoms with van der Waals surface area (Å²) in [4.78, 5) is 1.39. The molecule has 1 rings (SSSR count). The van der Waals surface area contributed by atoms with Crippen LogP contribution >= 0.6 is 0 Å². The molecule has 4 heteroatoms. The summed E-state index contributed by atoms with van der Waals surface area (Å²) >= 11 is 0. The summed E-state index contributed by atoms with van der Waals surface area (Å²) in [5.74, 6) is 0. The molecule has 0 radical (unpaired) electrons. The van der Waals surface area contributed by atoms with Crippen molar-refractivity contribution in [1.82, 2.24) is 0 Å². The Morgan fingerprint density at radius 1 is 1.28 bits per heavy atom. The second kappa shape index (κ2) is 5.95. The molecule has 1 aromatic carbocycles. The Morgan fingerprint density at radius 2 is 1.78 bits per heavy atom. The fraction of sp³-hybridized carbons (Fsp3) is 0.429. The molecule has 0 unspecified atom stereocenters. The van der Waals surface area contributed by atoms with E-state index in [9.17, 15) is 9.32 Å². The number of benzene rings is 1. The maximum atomic E-state index is 12.5. The first-order valence-electron chi connectivity index (χ1n) is 6.10. The summed E-state index contributed by atoms with van der Waals surface area (Å²) in [6.07, 6.45) is -0.668. The van der Waals surface area contributed by atoms with Crippen LogP contribution in [0.4, 0.5) is 0 Å². The number of rotatable bonds is 4. The van der Waals surface area contributed by atoms with Gasteiger partial charge >= 0.3 is 0 Å². The molecule has 1 N–H and O–H groups in total. The van der Waals surface area contributed by atoms with E-state index in [1.165, 1.54) is 0 Å². The second-order valence-electron chi connectivity index (χ2n) is 5.67. The van der Waals surface area contributed by atoms with Gasteiger partial charge in [-0.15, -0.1) is 0 Å². The predicted octanol–water partition coefficient (Wildman–Crippen LogP) is 3.24. The molecular formula is C14H22O2SSi. The lowest BCUT2D eigenvalue weighted by molar-refractivity contribution is 0.240. The quantitative estimate of drug-likeness (QED) is 0.861. The second-order valence-corrected chi connectivity index (χ2v) is 12.2. The minimum Gasteiger partial charge on any atom is -0.388 e. The van der Waals surface area contributed by atoms with E-state index in [0.717, 1.165) is 10.5 Å². The fourth-order valence-corrected chi connectivity index (χ4v) is 5.10. The molecule has 1 aromatic rings. The zero-order valence-corrected chi connectivity index (χ0v) is 13.5. The lowest BCUT2D eigenvalue weighted by Gasteiger charge is -2.16. The third-order valence-electron chi connectivity index (χ3n) is 2.44. The van der Waals surface area contributed by atoms with Gasteiger partial charge in [0, 0.05) is 9.80 Å². The van der Waals surface area contributed by atoms with Crippen molar-refractivity contribution >= 4 is 18.9 Å². The fourth-order valence-electron chi connectivity index (χ4n) is 1.55. The Hall–Kier alpha value is -0.713. The lowest BCUT2D eigenvalue weighted by Crippen LogP contribution is -2.21. The smallest absolute Gasteiger partial charge is 0.0842 e. The molecule has 2 atom stereocenters. The van der Waals surface area contributed by atoms with Crippen molar-refractivity contribution in [2.75, 3.05) is 0 Å². The van der Waals surface area contributed by atoms with Gasteiger partial charge in [0.25, 0.3) is 0 Å². The van der Waals surface area contributed by atoms with Gasteiger partial charge in [-0.1, -0.05) is 43.0 Å². The topological polar surface area (TPSA) is 37.3 Å². The van der Waals surface area contributed by atoms with Crippen LogP contribution < -0.4 is 0 Å². The van der Waals surface area contributed by atoms with Gasteiger partial charge in [-0.2, -0.15) is 0 Å². The van der Waals surface area contributed by atoms with Gasteiger partial charge in [-0.3, -0.25) is 0 Å². The van der Waals surface area contributed by atoms with E-state index in [1.807, 2.05) is 36.9 Å². The molecule has 0 heterocycles. The van der Waals surface area contributed by atoms with Gasteiger partial charge in [0.05, 0.1) is 25.0 Å². The summed E-state index contributed by atoms with van der Waals surface area (Å²) in [5.41, 5.74) is 3.18. The van der Waals surface area contributed by atoms with Crippen molar-refractivity contribution < 1.29 is 9.32 Å². The van der Waals surface area contributed by atoms with Crippen molar-refractivity contribution in [1.29, 1.82) is 0 Å². The molecule has 2 nitrogen and oxygen atoms in total. The van der Waals surface area contributed by atoms with E-state index in [2.05, 4.69) is 19.6 Å². The largest absolute Gasteiger partial charge is 0.388 e. The molecule has 0 aromatic heterocycles. The Kier molecular flexibility index (Phi) is 5.07. The van der Waals surface area contributed by atoms with E-state index in [-0.39, 0.29) is 0 Å². The maximum Gasteiger partial charge on any atom is 0.0842 e. The highest BCUT2D eigenvalue weighted by Gasteiger charge is 2.20. The van der Waals surface area contributed by atoms with Crippen LogP contribution in [0.15, 0.2) is 39.8 Å². The van der Waals surface area contributed by atoms with Crippen LogP contribution in [0, 0.1) is 6.92 Å². The van der Waals surface area contributed by atoms with Crippen LogP contribution in [-0.2, 0) is 10.8 Å². The van der Waals surface area contributed by atoms with Gasteiger partial charge in [-0.25, -0.2) is 4.21 Å². The predicted molar refractivity (Wildman–Crippen MR) is 80.7 cm³/mol. The van der Waals surface area contributed by atoms with Gasteiger partial charge in [0.2, 0.25) is 0 Å². The highest BCUT2D eigenvalue weighted by Crippen LogP contribution is 2.20. The number of aliphatic hydroxyl groups is 1. The van der Waals surface area contributed by atoms with E-state index in [1.54, 1.807) is 6.92 Å². The maximum absolute atomic E-state index is 12.5. The van der Waals surface area contributed by atoms with E-state index in [4.69, 9.17) is 0 Å². The molecule has 0 aliphatic heterocycles. The highest BCUT2D eigenvalue weighted by molar-refractivity contribution is 7.89. The van der Waals surface area contributed by atoms with Crippen molar-refractivity contribution in [2.24, 2.45) is 0 Å². The summed E-state index contributed by atoms with van der Waals surface area (Å²) in [7, 11) is -2.76. The van der Waals surface area contributed by atoms with Gasteiger partial charge < -0.3 is 5.11 Å². The highest BCUT2D eigenvalue weighted by atomic mass is 32.2. The molecule has 0 saturated heterocycles. The first kappa shape index (κ1) is 15.3. The van der Waals surface area contributed by atoms with Crippen molar-refractivity contribution in [2.45, 2.75) is 44.5 Å². The average Bonchev–Trinajstić information content (AvgIpc) is 2.24. The van der Waals surface area contributed by atoms with Crippen LogP contribution in [0.3, 0.4) is 0 Å². The SMILES string of the molecule is Cc1ccc([S@](=O)/C(=C/[Si](C)(C)C)[C@@H](C)O)cc1. The van der Waals surface area contributed by atoms with Crippen LogP contribution in [0.25, 0.3) is 0 Å². The molecular weight excluding hydrogens is 260 g/mol. The molecule has 0 aliphatic rings. The number of hydrogen-bond donors (Lipinski definition) is 1. The van der Waals surface area contributed by atoms with Crippen molar-refractivity contribution in [3.05, 3.63) is 40.4 Å². The van der Waals surface area contributed by atoms with Crippen molar-refractivity contribution in [3.8, 4) is 0 Å². The Balaban J connectivity index is 3.12. The standard InChI is InChI=1S/C14H22O2SSi/c1-11-6-8-13(9-7-11)17(16)14(12(2)15)10-18(3,4)5/h6-10,12,15H,1-5H3/b14-10+/t12-,17+/m1/s1. The van der Waals surface area contributed by atoms with Crippen molar-refractivity contribution in [3.63, 3.8) is 0 Å². The van der Waals surface area contributed by atoms with Crippen LogP contribution in [0.1, 0.15) is 12.5 Å². The minimum absolute atomic E-state index is 0.637. The molecule has 0 bridgehead atoms. The molecule has 0 spiro atoms. The first-order chi connectivity index (χ1) is 8.20. The summed E-state index contributed by atoms with van der Waals surface area (Å²) in [5, 5.41) is 9.82. The van der Waals surface area contributed by atoms with Gasteiger partial charge in [-0.05, 0) is 26.0 Å². The average molecular weight is 282 g/mol. The number of aryl methyl sites for hydroxylation is 1. The Labute approximate surface area is 113 Å². The summed E-state index contributed by atoms with van der Waals surface area (Å²) in [6.45, 7) is 10.2. The molecule has 100 valence electrons. The van der Waals surface area contributed by atoms with E-state index in [0.29, 0.717) is 4.91 Å². The number of aliphatic hydroxyl groups excluding tert-OH is 1. The third kappa shape index (κ3) is 4.52. The van der Waals surface area contributed by atoms with Crippen LogP contribution in [0.2, 0.25) is 19.6 Å². The summed E-state index contributed by atoms with van der Waals surface area (Å²) in [6, 6.07) is 7.63. The molecule has 0 fully saturated rings. The summed E-state index contributed by atoms with van der Waals surface area (Å²) < 4.78 is 12.5. The van der Waals surface area contributed by atoms with Gasteiger partial charge in [0.15, 0.2) is 0 Å². The molecule has 0 amide bonds. The zero-order chi connectivity index (χ0) is 13.9. The lowest BCUT2D eigenvalue weighted by atomic mass is 10.2. The monoisotopic (exact) mass is 282 g/mol. The number of hydrogen-bond acceptors (Lipinski definition) is 2. The molecule has 0 saturated carbocycles. The first-order valence-corrected chi connectivity index (χ1v) is 10.8. The molecule has 0 aliphatic carbocycles. The van der Waals surface area contributed by atoms with Crippen LogP contribution in [-0.4, -0.2) is 23.5 Å². The third-order valence-corrected chi connectivity index (χ3v) is 5.41. The van der Waals surface area contributed by atoms with E-state index < -0.39 is 25.0 Å². The Bertz CT molecular complexity index is 456. The normalized spacial score (nSPS) is 16.4.